The minimum absolute atomic E-state index is 0.0700. The summed E-state index contributed by atoms with van der Waals surface area (Å²) in [6, 6.07) is 6.21. The van der Waals surface area contributed by atoms with E-state index in [4.69, 9.17) is 0 Å². The summed E-state index contributed by atoms with van der Waals surface area (Å²) in [5, 5.41) is 17.0. The van der Waals surface area contributed by atoms with Gasteiger partial charge in [0.05, 0.1) is 11.3 Å². The molecule has 2 heterocycles. The van der Waals surface area contributed by atoms with Gasteiger partial charge in [-0.15, -0.1) is 0 Å². The number of nitrogens with zero attached hydrogens (tertiary/aromatic N) is 2. The Hall–Kier alpha value is -2.21. The van der Waals surface area contributed by atoms with Crippen LogP contribution >= 0.6 is 0 Å². The van der Waals surface area contributed by atoms with Crippen molar-refractivity contribution in [3.8, 4) is 11.3 Å². The van der Waals surface area contributed by atoms with Gasteiger partial charge in [0.1, 0.15) is 11.5 Å². The van der Waals surface area contributed by atoms with Gasteiger partial charge in [0.25, 0.3) is 5.91 Å². The number of H-pyrrole nitrogens is 1. The van der Waals surface area contributed by atoms with E-state index >= 15 is 0 Å². The topological polar surface area (TPSA) is 69.2 Å². The molecule has 0 bridgehead atoms. The highest BCUT2D eigenvalue weighted by Gasteiger charge is 2.29. The quantitative estimate of drug-likeness (QED) is 0.877. The Labute approximate surface area is 153 Å². The van der Waals surface area contributed by atoms with Crippen LogP contribution in [0.5, 0.6) is 0 Å². The lowest BCUT2D eigenvalue weighted by Crippen LogP contribution is -2.40. The third-order valence-corrected chi connectivity index (χ3v) is 5.01. The van der Waals surface area contributed by atoms with Crippen molar-refractivity contribution in [2.75, 3.05) is 13.1 Å². The molecule has 140 valence electrons. The molecular weight excluding hydrogens is 333 g/mol. The predicted molar refractivity (Wildman–Crippen MR) is 98.3 cm³/mol. The largest absolute Gasteiger partial charge is 0.390 e. The Balaban J connectivity index is 1.70. The Bertz CT molecular complexity index is 787. The van der Waals surface area contributed by atoms with Crippen LogP contribution in [0.4, 0.5) is 4.39 Å². The zero-order valence-corrected chi connectivity index (χ0v) is 15.6. The molecule has 1 fully saturated rings. The molecule has 2 aromatic rings. The van der Waals surface area contributed by atoms with Crippen molar-refractivity contribution in [3.05, 3.63) is 41.3 Å². The maximum Gasteiger partial charge on any atom is 0.272 e. The number of rotatable bonds is 4. The fourth-order valence-electron chi connectivity index (χ4n) is 3.73. The maximum atomic E-state index is 13.5. The zero-order valence-electron chi connectivity index (χ0n) is 15.6. The van der Waals surface area contributed by atoms with Gasteiger partial charge < -0.3 is 10.0 Å². The van der Waals surface area contributed by atoms with E-state index in [1.807, 2.05) is 25.7 Å². The van der Waals surface area contributed by atoms with Crippen molar-refractivity contribution in [1.82, 2.24) is 15.1 Å². The van der Waals surface area contributed by atoms with E-state index in [0.717, 1.165) is 24.8 Å². The number of aromatic amines is 1. The highest BCUT2D eigenvalue weighted by molar-refractivity contribution is 5.95. The highest BCUT2D eigenvalue weighted by atomic mass is 19.1. The second-order valence-electron chi connectivity index (χ2n) is 7.83. The number of hydrogen-bond acceptors (Lipinski definition) is 3. The van der Waals surface area contributed by atoms with Gasteiger partial charge in [-0.1, -0.05) is 12.1 Å². The zero-order chi connectivity index (χ0) is 18.9. The first-order valence-corrected chi connectivity index (χ1v) is 9.07. The molecule has 0 atom stereocenters. The predicted octanol–water partition coefficient (Wildman–Crippen LogP) is 3.54. The molecule has 1 aromatic carbocycles. The summed E-state index contributed by atoms with van der Waals surface area (Å²) >= 11 is 0. The standard InChI is InChI=1S/C20H26FN3O2/c1-13-17(15-5-4-6-16(21)11-15)22-23-18(13)19(25)24-9-7-14(8-10-24)12-20(2,3)26/h4-6,11,14,26H,7-10,12H2,1-3H3,(H,22,23). The fraction of sp³-hybridized carbons (Fsp3) is 0.500. The smallest absolute Gasteiger partial charge is 0.272 e. The molecule has 1 saturated heterocycles. The Morgan fingerprint density at radius 2 is 2.08 bits per heavy atom. The van der Waals surface area contributed by atoms with Crippen LogP contribution in [0.2, 0.25) is 0 Å². The second kappa shape index (κ2) is 7.19. The number of nitrogens with one attached hydrogen (secondary N) is 1. The number of likely N-dealkylation sites (tertiary alicyclic amines) is 1. The number of carbonyl (C=O) groups is 1. The average molecular weight is 359 g/mol. The number of carbonyl (C=O) groups excluding carboxylic acids is 1. The number of piperidine rings is 1. The van der Waals surface area contributed by atoms with Crippen molar-refractivity contribution in [2.24, 2.45) is 5.92 Å². The second-order valence-corrected chi connectivity index (χ2v) is 7.83. The Morgan fingerprint density at radius 1 is 1.38 bits per heavy atom. The molecule has 5 nitrogen and oxygen atoms in total. The van der Waals surface area contributed by atoms with Gasteiger partial charge in [0, 0.05) is 24.2 Å². The first-order valence-electron chi connectivity index (χ1n) is 9.07. The van der Waals surface area contributed by atoms with Gasteiger partial charge in [-0.05, 0) is 58.1 Å². The number of hydrogen-bond donors (Lipinski definition) is 2. The summed E-state index contributed by atoms with van der Waals surface area (Å²) in [6.07, 6.45) is 2.53. The van der Waals surface area contributed by atoms with E-state index in [0.29, 0.717) is 36.0 Å². The number of amides is 1. The molecule has 3 rings (SSSR count). The van der Waals surface area contributed by atoms with E-state index in [2.05, 4.69) is 10.2 Å². The number of halogens is 1. The van der Waals surface area contributed by atoms with Crippen LogP contribution in [0.15, 0.2) is 24.3 Å². The summed E-state index contributed by atoms with van der Waals surface area (Å²) in [5.74, 6) is 0.0378. The summed E-state index contributed by atoms with van der Waals surface area (Å²) in [7, 11) is 0. The minimum atomic E-state index is -0.670. The summed E-state index contributed by atoms with van der Waals surface area (Å²) in [5.41, 5.74) is 1.78. The van der Waals surface area contributed by atoms with Crippen LogP contribution in [0.25, 0.3) is 11.3 Å². The van der Waals surface area contributed by atoms with Crippen molar-refractivity contribution in [2.45, 2.75) is 45.6 Å². The minimum Gasteiger partial charge on any atom is -0.390 e. The van der Waals surface area contributed by atoms with Crippen molar-refractivity contribution in [3.63, 3.8) is 0 Å². The normalized spacial score (nSPS) is 16.1. The fourth-order valence-corrected chi connectivity index (χ4v) is 3.73. The van der Waals surface area contributed by atoms with Crippen molar-refractivity contribution < 1.29 is 14.3 Å². The summed E-state index contributed by atoms with van der Waals surface area (Å²) in [4.78, 5) is 14.7. The molecule has 1 aliphatic heterocycles. The third kappa shape index (κ3) is 4.12. The van der Waals surface area contributed by atoms with E-state index in [1.54, 1.807) is 12.1 Å². The Morgan fingerprint density at radius 3 is 2.69 bits per heavy atom. The SMILES string of the molecule is Cc1c(-c2cccc(F)c2)n[nH]c1C(=O)N1CCC(CC(C)(C)O)CC1. The van der Waals surface area contributed by atoms with E-state index in [9.17, 15) is 14.3 Å². The van der Waals surface area contributed by atoms with E-state index in [-0.39, 0.29) is 11.7 Å². The molecule has 1 amide bonds. The highest BCUT2D eigenvalue weighted by Crippen LogP contribution is 2.28. The molecule has 0 aliphatic carbocycles. The van der Waals surface area contributed by atoms with Crippen LogP contribution in [-0.2, 0) is 0 Å². The molecular formula is C20H26FN3O2. The molecule has 0 radical (unpaired) electrons. The van der Waals surface area contributed by atoms with Crippen molar-refractivity contribution >= 4 is 5.91 Å². The van der Waals surface area contributed by atoms with Gasteiger partial charge >= 0.3 is 0 Å². The molecule has 26 heavy (non-hydrogen) atoms. The molecule has 6 heteroatoms. The lowest BCUT2D eigenvalue weighted by Gasteiger charge is -2.34. The molecule has 1 aromatic heterocycles. The monoisotopic (exact) mass is 359 g/mol. The van der Waals surface area contributed by atoms with Crippen LogP contribution in [-0.4, -0.2) is 44.8 Å². The van der Waals surface area contributed by atoms with E-state index < -0.39 is 5.60 Å². The number of benzene rings is 1. The van der Waals surface area contributed by atoms with Gasteiger partial charge in [0.2, 0.25) is 0 Å². The summed E-state index contributed by atoms with van der Waals surface area (Å²) < 4.78 is 13.5. The molecule has 0 spiro atoms. The lowest BCUT2D eigenvalue weighted by atomic mass is 9.86. The molecule has 0 unspecified atom stereocenters. The first-order chi connectivity index (χ1) is 12.2. The van der Waals surface area contributed by atoms with E-state index in [1.165, 1.54) is 12.1 Å². The van der Waals surface area contributed by atoms with Gasteiger partial charge in [0.15, 0.2) is 0 Å². The number of aliphatic hydroxyl groups is 1. The van der Waals surface area contributed by atoms with Crippen LogP contribution in [0.3, 0.4) is 0 Å². The average Bonchev–Trinajstić information content (AvgIpc) is 2.95. The van der Waals surface area contributed by atoms with Crippen LogP contribution in [0.1, 0.15) is 49.2 Å². The Kier molecular flexibility index (Phi) is 5.14. The molecule has 2 N–H and O–H groups in total. The van der Waals surface area contributed by atoms with Crippen molar-refractivity contribution in [1.29, 1.82) is 0 Å². The molecule has 1 aliphatic rings. The third-order valence-electron chi connectivity index (χ3n) is 5.01. The van der Waals surface area contributed by atoms with Crippen LogP contribution in [0, 0.1) is 18.7 Å². The van der Waals surface area contributed by atoms with Crippen LogP contribution < -0.4 is 0 Å². The lowest BCUT2D eigenvalue weighted by molar-refractivity contribution is 0.0356. The maximum absolute atomic E-state index is 13.5. The first kappa shape index (κ1) is 18.6. The van der Waals surface area contributed by atoms with Gasteiger partial charge in [-0.3, -0.25) is 9.89 Å². The number of aromatic nitrogens is 2. The molecule has 0 saturated carbocycles. The summed E-state index contributed by atoms with van der Waals surface area (Å²) in [6.45, 7) is 6.83. The van der Waals surface area contributed by atoms with Gasteiger partial charge in [-0.25, -0.2) is 4.39 Å². The van der Waals surface area contributed by atoms with Gasteiger partial charge in [-0.2, -0.15) is 5.10 Å².